The van der Waals surface area contributed by atoms with E-state index in [-0.39, 0.29) is 28.5 Å². The average Bonchev–Trinajstić information content (AvgIpc) is 2.99. The third kappa shape index (κ3) is 4.84. The molecule has 0 bridgehead atoms. The normalized spacial score (nSPS) is 18.4. The van der Waals surface area contributed by atoms with Crippen LogP contribution in [0, 0.1) is 0 Å². The van der Waals surface area contributed by atoms with Crippen LogP contribution in [0.5, 0.6) is 0 Å². The molecule has 0 radical (unpaired) electrons. The van der Waals surface area contributed by atoms with E-state index < -0.39 is 9.84 Å². The van der Waals surface area contributed by atoms with Crippen molar-refractivity contribution in [1.29, 1.82) is 0 Å². The number of hydrogen-bond acceptors (Lipinski definition) is 3. The highest BCUT2D eigenvalue weighted by atomic mass is 35.5. The molecule has 0 unspecified atom stereocenters. The number of nitrogens with zero attached hydrogens (tertiary/aromatic N) is 1. The van der Waals surface area contributed by atoms with E-state index in [0.717, 1.165) is 12.0 Å². The molecule has 1 atom stereocenters. The van der Waals surface area contributed by atoms with Gasteiger partial charge in [-0.25, -0.2) is 8.42 Å². The highest BCUT2D eigenvalue weighted by molar-refractivity contribution is 7.91. The van der Waals surface area contributed by atoms with E-state index in [1.54, 1.807) is 17.0 Å². The Kier molecular flexibility index (Phi) is 6.14. The molecule has 3 rings (SSSR count). The first-order valence-corrected chi connectivity index (χ1v) is 11.4. The summed E-state index contributed by atoms with van der Waals surface area (Å²) in [5.41, 5.74) is 2.49. The number of amides is 1. The largest absolute Gasteiger partial charge is 0.330 e. The zero-order valence-corrected chi connectivity index (χ0v) is 17.3. The number of carbonyl (C=O) groups excluding carboxylic acids is 1. The van der Waals surface area contributed by atoms with Crippen LogP contribution in [0.25, 0.3) is 0 Å². The zero-order valence-electron chi connectivity index (χ0n) is 15.0. The predicted octanol–water partition coefficient (Wildman–Crippen LogP) is 4.39. The molecule has 1 aliphatic heterocycles. The lowest BCUT2D eigenvalue weighted by Crippen LogP contribution is -2.40. The summed E-state index contributed by atoms with van der Waals surface area (Å²) in [4.78, 5) is 14.8. The molecule has 1 saturated heterocycles. The molecule has 2 aromatic carbocycles. The molecule has 1 aliphatic rings. The van der Waals surface area contributed by atoms with Crippen LogP contribution in [0.4, 0.5) is 0 Å². The molecule has 0 aliphatic carbocycles. The number of halogens is 2. The van der Waals surface area contributed by atoms with Gasteiger partial charge in [0.2, 0.25) is 0 Å². The lowest BCUT2D eigenvalue weighted by Gasteiger charge is -2.29. The minimum atomic E-state index is -3.12. The topological polar surface area (TPSA) is 54.5 Å². The molecule has 1 heterocycles. The summed E-state index contributed by atoms with van der Waals surface area (Å²) in [6.07, 6.45) is 1.37. The van der Waals surface area contributed by atoms with Crippen LogP contribution in [-0.4, -0.2) is 36.8 Å². The molecule has 144 valence electrons. The smallest absolute Gasteiger partial charge is 0.255 e. The van der Waals surface area contributed by atoms with E-state index in [0.29, 0.717) is 23.6 Å². The standard InChI is InChI=1S/C20H21Cl2NO3S/c1-2-14-3-5-15(6-4-14)12-23(17-9-10-27(25,26)13-17)20(24)18-8-7-16(21)11-19(18)22/h3-8,11,17H,2,9-10,12-13H2,1H3/t17-/m1/s1. The van der Waals surface area contributed by atoms with Crippen molar-refractivity contribution in [2.45, 2.75) is 32.4 Å². The summed E-state index contributed by atoms with van der Waals surface area (Å²) < 4.78 is 23.9. The fourth-order valence-electron chi connectivity index (χ4n) is 3.28. The summed E-state index contributed by atoms with van der Waals surface area (Å²) >= 11 is 12.2. The van der Waals surface area contributed by atoms with Gasteiger partial charge in [0.1, 0.15) is 0 Å². The second kappa shape index (κ2) is 8.21. The second-order valence-electron chi connectivity index (χ2n) is 6.78. The number of hydrogen-bond donors (Lipinski definition) is 0. The fraction of sp³-hybridized carbons (Fsp3) is 0.350. The number of rotatable bonds is 5. The highest BCUT2D eigenvalue weighted by Gasteiger charge is 2.35. The predicted molar refractivity (Wildman–Crippen MR) is 109 cm³/mol. The van der Waals surface area contributed by atoms with E-state index in [9.17, 15) is 13.2 Å². The van der Waals surface area contributed by atoms with Crippen LogP contribution in [-0.2, 0) is 22.8 Å². The number of aryl methyl sites for hydroxylation is 1. The molecular formula is C20H21Cl2NO3S. The molecule has 1 amide bonds. The quantitative estimate of drug-likeness (QED) is 0.713. The van der Waals surface area contributed by atoms with Crippen LogP contribution < -0.4 is 0 Å². The second-order valence-corrected chi connectivity index (χ2v) is 9.86. The third-order valence-corrected chi connectivity index (χ3v) is 7.15. The average molecular weight is 426 g/mol. The van der Waals surface area contributed by atoms with Crippen LogP contribution in [0.15, 0.2) is 42.5 Å². The number of sulfone groups is 1. The Labute approximate surface area is 170 Å². The molecule has 0 N–H and O–H groups in total. The lowest BCUT2D eigenvalue weighted by molar-refractivity contribution is 0.0681. The maximum atomic E-state index is 13.2. The van der Waals surface area contributed by atoms with Crippen molar-refractivity contribution in [2.24, 2.45) is 0 Å². The van der Waals surface area contributed by atoms with E-state index in [4.69, 9.17) is 23.2 Å². The molecule has 4 nitrogen and oxygen atoms in total. The lowest BCUT2D eigenvalue weighted by atomic mass is 10.1. The number of carbonyl (C=O) groups is 1. The Hall–Kier alpha value is -1.56. The Morgan fingerprint density at radius 2 is 1.78 bits per heavy atom. The highest BCUT2D eigenvalue weighted by Crippen LogP contribution is 2.27. The summed E-state index contributed by atoms with van der Waals surface area (Å²) in [7, 11) is -3.12. The first-order valence-electron chi connectivity index (χ1n) is 8.83. The van der Waals surface area contributed by atoms with Gasteiger partial charge in [0.15, 0.2) is 9.84 Å². The molecule has 27 heavy (non-hydrogen) atoms. The van der Waals surface area contributed by atoms with Crippen LogP contribution in [0.2, 0.25) is 10.0 Å². The molecule has 0 spiro atoms. The summed E-state index contributed by atoms with van der Waals surface area (Å²) in [5, 5.41) is 0.710. The Balaban J connectivity index is 1.92. The van der Waals surface area contributed by atoms with Crippen molar-refractivity contribution in [3.63, 3.8) is 0 Å². The molecule has 0 aromatic heterocycles. The van der Waals surface area contributed by atoms with Crippen molar-refractivity contribution >= 4 is 38.9 Å². The summed E-state index contributed by atoms with van der Waals surface area (Å²) in [6, 6.07) is 12.4. The third-order valence-electron chi connectivity index (χ3n) is 4.86. The molecule has 1 fully saturated rings. The maximum absolute atomic E-state index is 13.2. The fourth-order valence-corrected chi connectivity index (χ4v) is 5.50. The van der Waals surface area contributed by atoms with Crippen LogP contribution in [0.1, 0.15) is 34.8 Å². The van der Waals surface area contributed by atoms with Gasteiger partial charge in [0.05, 0.1) is 22.1 Å². The number of benzene rings is 2. The van der Waals surface area contributed by atoms with Crippen molar-refractivity contribution in [3.05, 3.63) is 69.2 Å². The molecular weight excluding hydrogens is 405 g/mol. The maximum Gasteiger partial charge on any atom is 0.255 e. The first-order chi connectivity index (χ1) is 12.8. The Morgan fingerprint density at radius 3 is 2.33 bits per heavy atom. The van der Waals surface area contributed by atoms with Crippen LogP contribution >= 0.6 is 23.2 Å². The van der Waals surface area contributed by atoms with E-state index >= 15 is 0 Å². The first kappa shape index (κ1) is 20.2. The van der Waals surface area contributed by atoms with Gasteiger partial charge in [-0.05, 0) is 42.2 Å². The minimum Gasteiger partial charge on any atom is -0.330 e. The van der Waals surface area contributed by atoms with E-state index in [1.165, 1.54) is 11.6 Å². The Bertz CT molecular complexity index is 942. The van der Waals surface area contributed by atoms with Gasteiger partial charge in [-0.2, -0.15) is 0 Å². The van der Waals surface area contributed by atoms with Crippen LogP contribution in [0.3, 0.4) is 0 Å². The van der Waals surface area contributed by atoms with Gasteiger partial charge < -0.3 is 4.90 Å². The van der Waals surface area contributed by atoms with Gasteiger partial charge in [-0.3, -0.25) is 4.79 Å². The van der Waals surface area contributed by atoms with Crippen molar-refractivity contribution in [2.75, 3.05) is 11.5 Å². The molecule has 7 heteroatoms. The van der Waals surface area contributed by atoms with Gasteiger partial charge in [0.25, 0.3) is 5.91 Å². The monoisotopic (exact) mass is 425 g/mol. The van der Waals surface area contributed by atoms with Crippen molar-refractivity contribution in [3.8, 4) is 0 Å². The van der Waals surface area contributed by atoms with Crippen molar-refractivity contribution < 1.29 is 13.2 Å². The van der Waals surface area contributed by atoms with E-state index in [1.807, 2.05) is 24.3 Å². The Morgan fingerprint density at radius 1 is 1.11 bits per heavy atom. The SMILES string of the molecule is CCc1ccc(CN(C(=O)c2ccc(Cl)cc2Cl)[C@@H]2CCS(=O)(=O)C2)cc1. The van der Waals surface area contributed by atoms with Gasteiger partial charge in [-0.1, -0.05) is 54.4 Å². The van der Waals surface area contributed by atoms with E-state index in [2.05, 4.69) is 6.92 Å². The summed E-state index contributed by atoms with van der Waals surface area (Å²) in [6.45, 7) is 2.42. The van der Waals surface area contributed by atoms with Gasteiger partial charge in [0, 0.05) is 17.6 Å². The molecule has 2 aromatic rings. The van der Waals surface area contributed by atoms with Crippen molar-refractivity contribution in [1.82, 2.24) is 4.90 Å². The van der Waals surface area contributed by atoms with Gasteiger partial charge >= 0.3 is 0 Å². The zero-order chi connectivity index (χ0) is 19.6. The van der Waals surface area contributed by atoms with Gasteiger partial charge in [-0.15, -0.1) is 0 Å². The molecule has 0 saturated carbocycles. The minimum absolute atomic E-state index is 0.0169. The summed E-state index contributed by atoms with van der Waals surface area (Å²) in [5.74, 6) is -0.194.